The third kappa shape index (κ3) is 3.38. The minimum Gasteiger partial charge on any atom is -0.317 e. The average molecular weight is 310 g/mol. The first-order valence-electron chi connectivity index (χ1n) is 8.23. The molecule has 0 bridgehead atoms. The van der Waals surface area contributed by atoms with Gasteiger partial charge in [0.05, 0.1) is 5.69 Å². The van der Waals surface area contributed by atoms with Gasteiger partial charge in [0.2, 0.25) is 0 Å². The van der Waals surface area contributed by atoms with Crippen LogP contribution in [0, 0.1) is 11.8 Å². The normalized spacial score (nSPS) is 15.2. The van der Waals surface area contributed by atoms with Crippen molar-refractivity contribution >= 4 is 0 Å². The summed E-state index contributed by atoms with van der Waals surface area (Å²) in [6.45, 7) is 4.29. The van der Waals surface area contributed by atoms with Gasteiger partial charge in [-0.2, -0.15) is 5.10 Å². The van der Waals surface area contributed by atoms with E-state index in [-0.39, 0.29) is 5.69 Å². The molecule has 0 spiro atoms. The van der Waals surface area contributed by atoms with E-state index < -0.39 is 0 Å². The zero-order valence-corrected chi connectivity index (χ0v) is 13.5. The van der Waals surface area contributed by atoms with Gasteiger partial charge in [-0.1, -0.05) is 31.0 Å². The lowest BCUT2D eigenvalue weighted by Crippen LogP contribution is -2.29. The molecule has 1 aliphatic rings. The Kier molecular flexibility index (Phi) is 4.94. The summed E-state index contributed by atoms with van der Waals surface area (Å²) in [4.78, 5) is 12.8. The molecule has 23 heavy (non-hydrogen) atoms. The van der Waals surface area contributed by atoms with Crippen molar-refractivity contribution in [1.82, 2.24) is 19.7 Å². The first-order valence-corrected chi connectivity index (χ1v) is 8.23. The van der Waals surface area contributed by atoms with E-state index in [2.05, 4.69) is 22.3 Å². The Labute approximate surface area is 136 Å². The van der Waals surface area contributed by atoms with Gasteiger partial charge in [-0.15, -0.1) is 5.92 Å². The van der Waals surface area contributed by atoms with E-state index in [0.29, 0.717) is 12.5 Å². The maximum atomic E-state index is 12.8. The van der Waals surface area contributed by atoms with Crippen LogP contribution in [0.4, 0.5) is 0 Å². The van der Waals surface area contributed by atoms with Gasteiger partial charge < -0.3 is 5.32 Å². The summed E-state index contributed by atoms with van der Waals surface area (Å²) in [5.41, 5.74) is 0.774. The molecule has 0 atom stereocenters. The molecule has 5 nitrogen and oxygen atoms in total. The van der Waals surface area contributed by atoms with Crippen LogP contribution in [0.2, 0.25) is 0 Å². The predicted octanol–water partition coefficient (Wildman–Crippen LogP) is 1.91. The number of nitrogens with one attached hydrogen (secondary N) is 1. The fraction of sp³-hybridized carbons (Fsp3) is 0.444. The second-order valence-electron chi connectivity index (χ2n) is 5.70. The highest BCUT2D eigenvalue weighted by atomic mass is 16.2. The van der Waals surface area contributed by atoms with Crippen molar-refractivity contribution in [2.75, 3.05) is 13.1 Å². The SMILES string of the molecule is CCC#CCn1nc(C2CCNCC2)n(-c2ccccc2)c1=O. The number of nitrogens with zero attached hydrogens (tertiary/aromatic N) is 3. The highest BCUT2D eigenvalue weighted by Gasteiger charge is 2.24. The Hall–Kier alpha value is -2.32. The molecule has 0 aliphatic carbocycles. The van der Waals surface area contributed by atoms with E-state index >= 15 is 0 Å². The molecule has 1 fully saturated rings. The van der Waals surface area contributed by atoms with E-state index in [4.69, 9.17) is 0 Å². The van der Waals surface area contributed by atoms with Gasteiger partial charge in [-0.25, -0.2) is 14.0 Å². The third-order valence-corrected chi connectivity index (χ3v) is 4.11. The van der Waals surface area contributed by atoms with Crippen LogP contribution in [0.1, 0.15) is 37.9 Å². The Morgan fingerprint density at radius 2 is 1.96 bits per heavy atom. The second kappa shape index (κ2) is 7.30. The minimum atomic E-state index is -0.102. The number of aromatic nitrogens is 3. The molecule has 120 valence electrons. The first kappa shape index (κ1) is 15.6. The molecule has 0 saturated carbocycles. The molecule has 1 aromatic carbocycles. The van der Waals surface area contributed by atoms with Crippen LogP contribution >= 0.6 is 0 Å². The van der Waals surface area contributed by atoms with E-state index in [0.717, 1.165) is 43.9 Å². The number of para-hydroxylation sites is 1. The molecule has 1 aliphatic heterocycles. The van der Waals surface area contributed by atoms with Gasteiger partial charge in [-0.05, 0) is 38.1 Å². The van der Waals surface area contributed by atoms with Crippen molar-refractivity contribution in [3.05, 3.63) is 46.6 Å². The third-order valence-electron chi connectivity index (χ3n) is 4.11. The van der Waals surface area contributed by atoms with E-state index in [9.17, 15) is 4.79 Å². The number of hydrogen-bond acceptors (Lipinski definition) is 3. The summed E-state index contributed by atoms with van der Waals surface area (Å²) in [5.74, 6) is 7.19. The van der Waals surface area contributed by atoms with Crippen LogP contribution in [0.5, 0.6) is 0 Å². The Morgan fingerprint density at radius 1 is 1.22 bits per heavy atom. The number of hydrogen-bond donors (Lipinski definition) is 1. The van der Waals surface area contributed by atoms with E-state index in [1.807, 2.05) is 37.3 Å². The Morgan fingerprint density at radius 3 is 2.65 bits per heavy atom. The Bertz CT molecular complexity index is 758. The molecule has 1 saturated heterocycles. The van der Waals surface area contributed by atoms with Gasteiger partial charge in [0.25, 0.3) is 0 Å². The van der Waals surface area contributed by atoms with Crippen molar-refractivity contribution in [1.29, 1.82) is 0 Å². The lowest BCUT2D eigenvalue weighted by atomic mass is 9.97. The van der Waals surface area contributed by atoms with Crippen LogP contribution in [0.25, 0.3) is 5.69 Å². The molecule has 1 aromatic heterocycles. The van der Waals surface area contributed by atoms with Crippen LogP contribution in [0.3, 0.4) is 0 Å². The molecular formula is C18H22N4O. The van der Waals surface area contributed by atoms with Crippen molar-refractivity contribution in [3.8, 4) is 17.5 Å². The number of rotatable bonds is 3. The summed E-state index contributed by atoms with van der Waals surface area (Å²) < 4.78 is 3.25. The average Bonchev–Trinajstić information content (AvgIpc) is 2.93. The van der Waals surface area contributed by atoms with E-state index in [1.54, 1.807) is 4.57 Å². The lowest BCUT2D eigenvalue weighted by molar-refractivity contribution is 0.438. The van der Waals surface area contributed by atoms with Crippen molar-refractivity contribution in [2.45, 2.75) is 38.6 Å². The zero-order valence-electron chi connectivity index (χ0n) is 13.5. The second-order valence-corrected chi connectivity index (χ2v) is 5.70. The lowest BCUT2D eigenvalue weighted by Gasteiger charge is -2.22. The van der Waals surface area contributed by atoms with Crippen LogP contribution in [-0.4, -0.2) is 27.4 Å². The minimum absolute atomic E-state index is 0.102. The summed E-state index contributed by atoms with van der Waals surface area (Å²) in [5, 5.41) is 7.98. The van der Waals surface area contributed by atoms with Crippen molar-refractivity contribution in [3.63, 3.8) is 0 Å². The maximum absolute atomic E-state index is 12.8. The summed E-state index contributed by atoms with van der Waals surface area (Å²) in [6.07, 6.45) is 2.79. The molecule has 0 radical (unpaired) electrons. The largest absolute Gasteiger partial charge is 0.351 e. The molecule has 1 N–H and O–H groups in total. The smallest absolute Gasteiger partial charge is 0.317 e. The summed E-state index contributed by atoms with van der Waals surface area (Å²) in [7, 11) is 0. The highest BCUT2D eigenvalue weighted by molar-refractivity contribution is 5.33. The number of piperidine rings is 1. The van der Waals surface area contributed by atoms with Crippen LogP contribution < -0.4 is 11.0 Å². The maximum Gasteiger partial charge on any atom is 0.351 e. The molecule has 3 rings (SSSR count). The quantitative estimate of drug-likeness (QED) is 0.881. The zero-order chi connectivity index (χ0) is 16.1. The topological polar surface area (TPSA) is 51.9 Å². The van der Waals surface area contributed by atoms with E-state index in [1.165, 1.54) is 4.68 Å². The van der Waals surface area contributed by atoms with Gasteiger partial charge in [0, 0.05) is 12.3 Å². The summed E-state index contributed by atoms with van der Waals surface area (Å²) in [6, 6.07) is 9.76. The van der Waals surface area contributed by atoms with Gasteiger partial charge in [0.1, 0.15) is 12.4 Å². The fourth-order valence-corrected chi connectivity index (χ4v) is 2.95. The number of benzene rings is 1. The summed E-state index contributed by atoms with van der Waals surface area (Å²) >= 11 is 0. The molecule has 2 aromatic rings. The highest BCUT2D eigenvalue weighted by Crippen LogP contribution is 2.24. The first-order chi connectivity index (χ1) is 11.3. The molecule has 5 heteroatoms. The Balaban J connectivity index is 2.05. The van der Waals surface area contributed by atoms with Crippen molar-refractivity contribution in [2.24, 2.45) is 0 Å². The molecular weight excluding hydrogens is 288 g/mol. The van der Waals surface area contributed by atoms with Gasteiger partial charge >= 0.3 is 5.69 Å². The molecule has 0 unspecified atom stereocenters. The predicted molar refractivity (Wildman–Crippen MR) is 90.7 cm³/mol. The van der Waals surface area contributed by atoms with Crippen LogP contribution in [0.15, 0.2) is 35.1 Å². The van der Waals surface area contributed by atoms with Crippen LogP contribution in [-0.2, 0) is 6.54 Å². The fourth-order valence-electron chi connectivity index (χ4n) is 2.95. The van der Waals surface area contributed by atoms with Crippen molar-refractivity contribution < 1.29 is 0 Å². The standard InChI is InChI=1S/C18H22N4O/c1-2-3-7-14-21-18(23)22(16-8-5-4-6-9-16)17(20-21)15-10-12-19-13-11-15/h4-6,8-9,15,19H,2,10-14H2,1H3. The van der Waals surface area contributed by atoms with Gasteiger partial charge in [-0.3, -0.25) is 0 Å². The molecule has 2 heterocycles. The molecule has 0 amide bonds. The van der Waals surface area contributed by atoms with Gasteiger partial charge in [0.15, 0.2) is 0 Å². The monoisotopic (exact) mass is 310 g/mol.